The molecular formula is C17H22N2O4. The Morgan fingerprint density at radius 2 is 1.78 bits per heavy atom. The van der Waals surface area contributed by atoms with E-state index in [2.05, 4.69) is 5.32 Å². The van der Waals surface area contributed by atoms with Crippen LogP contribution in [-0.2, 0) is 4.79 Å². The van der Waals surface area contributed by atoms with Crippen molar-refractivity contribution in [2.75, 3.05) is 19.6 Å². The first-order valence-electron chi connectivity index (χ1n) is 7.75. The van der Waals surface area contributed by atoms with Crippen LogP contribution < -0.4 is 5.32 Å². The van der Waals surface area contributed by atoms with Crippen LogP contribution in [0.2, 0.25) is 0 Å². The molecule has 23 heavy (non-hydrogen) atoms. The minimum Gasteiger partial charge on any atom is -0.478 e. The van der Waals surface area contributed by atoms with Gasteiger partial charge in [-0.25, -0.2) is 4.79 Å². The quantitative estimate of drug-likeness (QED) is 0.884. The number of hydrogen-bond donors (Lipinski definition) is 2. The van der Waals surface area contributed by atoms with Crippen molar-refractivity contribution in [3.05, 3.63) is 34.9 Å². The highest BCUT2D eigenvalue weighted by atomic mass is 16.4. The number of rotatable bonds is 4. The molecule has 0 spiro atoms. The van der Waals surface area contributed by atoms with Gasteiger partial charge in [0.1, 0.15) is 0 Å². The van der Waals surface area contributed by atoms with Gasteiger partial charge < -0.3 is 15.3 Å². The molecule has 1 fully saturated rings. The Bertz CT molecular complexity index is 619. The van der Waals surface area contributed by atoms with Gasteiger partial charge in [-0.15, -0.1) is 0 Å². The maximum atomic E-state index is 12.6. The summed E-state index contributed by atoms with van der Waals surface area (Å²) in [6, 6.07) is 4.71. The number of likely N-dealkylation sites (tertiary alicyclic amines) is 1. The van der Waals surface area contributed by atoms with Crippen LogP contribution in [0.5, 0.6) is 0 Å². The zero-order valence-electron chi connectivity index (χ0n) is 13.5. The van der Waals surface area contributed by atoms with E-state index in [4.69, 9.17) is 5.11 Å². The van der Waals surface area contributed by atoms with E-state index in [1.807, 2.05) is 0 Å². The van der Waals surface area contributed by atoms with E-state index < -0.39 is 5.97 Å². The molecule has 2 rings (SSSR count). The topological polar surface area (TPSA) is 86.7 Å². The standard InChI is InChI=1S/C17H22N2O4/c1-11-7-14(9-15(8-11)17(22)23)16(21)19-5-3-13(4-6-19)10-18-12(2)20/h7-9,13H,3-6,10H2,1-2H3,(H,18,20)(H,22,23). The van der Waals surface area contributed by atoms with Crippen molar-refractivity contribution in [3.8, 4) is 0 Å². The average molecular weight is 318 g/mol. The lowest BCUT2D eigenvalue weighted by Gasteiger charge is -2.32. The van der Waals surface area contributed by atoms with Gasteiger partial charge in [-0.3, -0.25) is 9.59 Å². The zero-order valence-corrected chi connectivity index (χ0v) is 13.5. The predicted octanol–water partition coefficient (Wildman–Crippen LogP) is 1.68. The first kappa shape index (κ1) is 17.0. The van der Waals surface area contributed by atoms with Crippen molar-refractivity contribution in [1.82, 2.24) is 10.2 Å². The monoisotopic (exact) mass is 318 g/mol. The Hall–Kier alpha value is -2.37. The normalized spacial score (nSPS) is 15.3. The fraction of sp³-hybridized carbons (Fsp3) is 0.471. The molecular weight excluding hydrogens is 296 g/mol. The maximum absolute atomic E-state index is 12.6. The summed E-state index contributed by atoms with van der Waals surface area (Å²) < 4.78 is 0. The SMILES string of the molecule is CC(=O)NCC1CCN(C(=O)c2cc(C)cc(C(=O)O)c2)CC1. The highest BCUT2D eigenvalue weighted by Crippen LogP contribution is 2.20. The molecule has 6 heteroatoms. The number of aromatic carboxylic acids is 1. The zero-order chi connectivity index (χ0) is 17.0. The molecule has 0 aliphatic carbocycles. The van der Waals surface area contributed by atoms with Gasteiger partial charge in [-0.05, 0) is 49.4 Å². The number of aryl methyl sites for hydroxylation is 1. The Balaban J connectivity index is 2.00. The Kier molecular flexibility index (Phi) is 5.36. The summed E-state index contributed by atoms with van der Waals surface area (Å²) in [5, 5.41) is 11.9. The molecule has 6 nitrogen and oxygen atoms in total. The van der Waals surface area contributed by atoms with Crippen molar-refractivity contribution in [2.24, 2.45) is 5.92 Å². The second kappa shape index (κ2) is 7.26. The third-order valence-electron chi connectivity index (χ3n) is 4.11. The van der Waals surface area contributed by atoms with Crippen LogP contribution in [0.25, 0.3) is 0 Å². The van der Waals surface area contributed by atoms with Gasteiger partial charge in [0, 0.05) is 32.1 Å². The lowest BCUT2D eigenvalue weighted by Crippen LogP contribution is -2.41. The Labute approximate surface area is 135 Å². The van der Waals surface area contributed by atoms with Crippen LogP contribution in [0.4, 0.5) is 0 Å². The van der Waals surface area contributed by atoms with Crippen LogP contribution in [0.3, 0.4) is 0 Å². The molecule has 1 aliphatic heterocycles. The van der Waals surface area contributed by atoms with Gasteiger partial charge in [-0.2, -0.15) is 0 Å². The van der Waals surface area contributed by atoms with Crippen molar-refractivity contribution >= 4 is 17.8 Å². The third-order valence-corrected chi connectivity index (χ3v) is 4.11. The first-order chi connectivity index (χ1) is 10.9. The van der Waals surface area contributed by atoms with Crippen LogP contribution in [0, 0.1) is 12.8 Å². The fourth-order valence-electron chi connectivity index (χ4n) is 2.84. The largest absolute Gasteiger partial charge is 0.478 e. The molecule has 1 heterocycles. The summed E-state index contributed by atoms with van der Waals surface area (Å²) in [7, 11) is 0. The van der Waals surface area contributed by atoms with Gasteiger partial charge >= 0.3 is 5.97 Å². The highest BCUT2D eigenvalue weighted by Gasteiger charge is 2.24. The Morgan fingerprint density at radius 3 is 2.35 bits per heavy atom. The number of nitrogens with zero attached hydrogens (tertiary/aromatic N) is 1. The Morgan fingerprint density at radius 1 is 1.17 bits per heavy atom. The number of amides is 2. The number of carbonyl (C=O) groups excluding carboxylic acids is 2. The molecule has 2 N–H and O–H groups in total. The lowest BCUT2D eigenvalue weighted by atomic mass is 9.96. The van der Waals surface area contributed by atoms with Gasteiger partial charge in [0.05, 0.1) is 5.56 Å². The molecule has 0 saturated carbocycles. The molecule has 0 bridgehead atoms. The third kappa shape index (κ3) is 4.55. The smallest absolute Gasteiger partial charge is 0.335 e. The minimum absolute atomic E-state index is 0.0375. The van der Waals surface area contributed by atoms with Gasteiger partial charge in [0.25, 0.3) is 5.91 Å². The minimum atomic E-state index is -1.03. The van der Waals surface area contributed by atoms with E-state index >= 15 is 0 Å². The second-order valence-electron chi connectivity index (χ2n) is 6.07. The predicted molar refractivity (Wildman–Crippen MR) is 85.4 cm³/mol. The van der Waals surface area contributed by atoms with E-state index in [0.29, 0.717) is 31.1 Å². The highest BCUT2D eigenvalue weighted by molar-refractivity contribution is 5.97. The molecule has 124 valence electrons. The average Bonchev–Trinajstić information content (AvgIpc) is 2.52. The summed E-state index contributed by atoms with van der Waals surface area (Å²) in [5.74, 6) is -0.814. The van der Waals surface area contributed by atoms with Crippen LogP contribution in [-0.4, -0.2) is 47.4 Å². The summed E-state index contributed by atoms with van der Waals surface area (Å²) in [6.45, 7) is 5.17. The molecule has 2 amide bonds. The number of benzene rings is 1. The van der Waals surface area contributed by atoms with E-state index in [0.717, 1.165) is 18.4 Å². The summed E-state index contributed by atoms with van der Waals surface area (Å²) in [4.78, 5) is 36.4. The van der Waals surface area contributed by atoms with E-state index in [-0.39, 0.29) is 17.4 Å². The summed E-state index contributed by atoms with van der Waals surface area (Å²) in [5.41, 5.74) is 1.31. The number of piperidine rings is 1. The molecule has 1 aromatic carbocycles. The molecule has 0 radical (unpaired) electrons. The van der Waals surface area contributed by atoms with Crippen molar-refractivity contribution in [3.63, 3.8) is 0 Å². The lowest BCUT2D eigenvalue weighted by molar-refractivity contribution is -0.119. The molecule has 1 aromatic rings. The van der Waals surface area contributed by atoms with Crippen molar-refractivity contribution in [1.29, 1.82) is 0 Å². The number of carboxylic acids is 1. The first-order valence-corrected chi connectivity index (χ1v) is 7.75. The van der Waals surface area contributed by atoms with E-state index in [1.54, 1.807) is 24.0 Å². The van der Waals surface area contributed by atoms with Gasteiger partial charge in [0.15, 0.2) is 0 Å². The fourth-order valence-corrected chi connectivity index (χ4v) is 2.84. The van der Waals surface area contributed by atoms with E-state index in [9.17, 15) is 14.4 Å². The molecule has 0 atom stereocenters. The summed E-state index contributed by atoms with van der Waals surface area (Å²) in [6.07, 6.45) is 1.67. The molecule has 0 aromatic heterocycles. The van der Waals surface area contributed by atoms with E-state index in [1.165, 1.54) is 13.0 Å². The number of hydrogen-bond acceptors (Lipinski definition) is 3. The van der Waals surface area contributed by atoms with Crippen LogP contribution in [0.15, 0.2) is 18.2 Å². The van der Waals surface area contributed by atoms with Crippen LogP contribution in [0.1, 0.15) is 46.0 Å². The number of carbonyl (C=O) groups is 3. The second-order valence-corrected chi connectivity index (χ2v) is 6.07. The molecule has 1 aliphatic rings. The number of carboxylic acid groups (broad SMARTS) is 1. The van der Waals surface area contributed by atoms with Gasteiger partial charge in [0.2, 0.25) is 5.91 Å². The van der Waals surface area contributed by atoms with Crippen molar-refractivity contribution < 1.29 is 19.5 Å². The maximum Gasteiger partial charge on any atom is 0.335 e. The summed E-state index contributed by atoms with van der Waals surface area (Å²) >= 11 is 0. The number of nitrogens with one attached hydrogen (secondary N) is 1. The molecule has 0 unspecified atom stereocenters. The van der Waals surface area contributed by atoms with Crippen molar-refractivity contribution in [2.45, 2.75) is 26.7 Å². The van der Waals surface area contributed by atoms with Crippen LogP contribution >= 0.6 is 0 Å². The molecule has 1 saturated heterocycles. The van der Waals surface area contributed by atoms with Gasteiger partial charge in [-0.1, -0.05) is 0 Å².